The topological polar surface area (TPSA) is 81.2 Å². The Balaban J connectivity index is 1.84. The molecule has 1 amide bonds. The van der Waals surface area contributed by atoms with E-state index in [-0.39, 0.29) is 18.1 Å². The highest BCUT2D eigenvalue weighted by atomic mass is 32.1. The standard InChI is InChI=1S/C17H22N4O2S/c1-11-6-12(2)9-20(8-11)16(22)10-21-17(23)13(18)7-14(19-21)15-4-3-5-24-15/h3-5,7,11-12H,6,8-10,18H2,1-2H3/t11-,12+. The van der Waals surface area contributed by atoms with E-state index in [1.165, 1.54) is 16.0 Å². The lowest BCUT2D eigenvalue weighted by Crippen LogP contribution is -2.45. The molecule has 6 nitrogen and oxygen atoms in total. The second kappa shape index (κ2) is 6.76. The van der Waals surface area contributed by atoms with Crippen molar-refractivity contribution >= 4 is 22.9 Å². The van der Waals surface area contributed by atoms with E-state index in [0.29, 0.717) is 17.5 Å². The average molecular weight is 346 g/mol. The zero-order chi connectivity index (χ0) is 17.3. The van der Waals surface area contributed by atoms with Gasteiger partial charge in [0.15, 0.2) is 0 Å². The molecule has 3 rings (SSSR count). The van der Waals surface area contributed by atoms with E-state index < -0.39 is 5.56 Å². The molecule has 0 aliphatic carbocycles. The van der Waals surface area contributed by atoms with Gasteiger partial charge in [0.25, 0.3) is 5.56 Å². The smallest absolute Gasteiger partial charge is 0.290 e. The van der Waals surface area contributed by atoms with Crippen molar-refractivity contribution in [1.82, 2.24) is 14.7 Å². The van der Waals surface area contributed by atoms with Crippen molar-refractivity contribution in [2.75, 3.05) is 18.8 Å². The van der Waals surface area contributed by atoms with Crippen LogP contribution in [0.1, 0.15) is 20.3 Å². The van der Waals surface area contributed by atoms with Gasteiger partial charge in [-0.1, -0.05) is 19.9 Å². The highest BCUT2D eigenvalue weighted by Gasteiger charge is 2.26. The highest BCUT2D eigenvalue weighted by molar-refractivity contribution is 7.13. The summed E-state index contributed by atoms with van der Waals surface area (Å²) >= 11 is 1.52. The van der Waals surface area contributed by atoms with Gasteiger partial charge in [-0.2, -0.15) is 5.10 Å². The Morgan fingerprint density at radius 3 is 2.71 bits per heavy atom. The van der Waals surface area contributed by atoms with E-state index in [4.69, 9.17) is 5.73 Å². The number of likely N-dealkylation sites (tertiary alicyclic amines) is 1. The van der Waals surface area contributed by atoms with Gasteiger partial charge < -0.3 is 10.6 Å². The first-order valence-corrected chi connectivity index (χ1v) is 9.01. The number of nitrogens with two attached hydrogens (primary N) is 1. The number of piperidine rings is 1. The van der Waals surface area contributed by atoms with E-state index in [1.807, 2.05) is 22.4 Å². The van der Waals surface area contributed by atoms with Crippen LogP contribution in [0.25, 0.3) is 10.6 Å². The van der Waals surface area contributed by atoms with Gasteiger partial charge in [-0.3, -0.25) is 9.59 Å². The summed E-state index contributed by atoms with van der Waals surface area (Å²) in [4.78, 5) is 27.6. The predicted molar refractivity (Wildman–Crippen MR) is 95.7 cm³/mol. The van der Waals surface area contributed by atoms with Crippen molar-refractivity contribution < 1.29 is 4.79 Å². The van der Waals surface area contributed by atoms with Crippen molar-refractivity contribution in [2.24, 2.45) is 11.8 Å². The zero-order valence-electron chi connectivity index (χ0n) is 13.9. The fourth-order valence-electron chi connectivity index (χ4n) is 3.31. The van der Waals surface area contributed by atoms with Gasteiger partial charge in [-0.25, -0.2) is 4.68 Å². The summed E-state index contributed by atoms with van der Waals surface area (Å²) in [6.07, 6.45) is 1.13. The molecule has 0 bridgehead atoms. The van der Waals surface area contributed by atoms with Crippen molar-refractivity contribution in [3.8, 4) is 10.6 Å². The Kier molecular flexibility index (Phi) is 4.71. The summed E-state index contributed by atoms with van der Waals surface area (Å²) in [5.74, 6) is 0.875. The minimum atomic E-state index is -0.415. The van der Waals surface area contributed by atoms with Gasteiger partial charge in [0.05, 0.1) is 4.88 Å². The Hall–Kier alpha value is -2.15. The average Bonchev–Trinajstić information content (AvgIpc) is 3.05. The molecule has 7 heteroatoms. The van der Waals surface area contributed by atoms with Crippen molar-refractivity contribution in [3.05, 3.63) is 33.9 Å². The lowest BCUT2D eigenvalue weighted by atomic mass is 9.92. The van der Waals surface area contributed by atoms with Crippen LogP contribution in [0.2, 0.25) is 0 Å². The molecule has 2 aromatic rings. The third-order valence-electron chi connectivity index (χ3n) is 4.28. The SMILES string of the molecule is C[C@@H]1C[C@H](C)CN(C(=O)Cn2nc(-c3cccs3)cc(N)c2=O)C1. The summed E-state index contributed by atoms with van der Waals surface area (Å²) < 4.78 is 1.19. The van der Waals surface area contributed by atoms with Crippen LogP contribution in [-0.2, 0) is 11.3 Å². The largest absolute Gasteiger partial charge is 0.394 e. The fraction of sp³-hybridized carbons (Fsp3) is 0.471. The molecule has 3 heterocycles. The van der Waals surface area contributed by atoms with E-state index >= 15 is 0 Å². The number of amides is 1. The van der Waals surface area contributed by atoms with Crippen LogP contribution in [0.5, 0.6) is 0 Å². The van der Waals surface area contributed by atoms with Gasteiger partial charge >= 0.3 is 0 Å². The molecule has 2 N–H and O–H groups in total. The Morgan fingerprint density at radius 2 is 2.08 bits per heavy atom. The summed E-state index contributed by atoms with van der Waals surface area (Å²) in [6.45, 7) is 5.70. The van der Waals surface area contributed by atoms with E-state index in [9.17, 15) is 9.59 Å². The van der Waals surface area contributed by atoms with Gasteiger partial charge in [0.2, 0.25) is 5.91 Å². The van der Waals surface area contributed by atoms with Crippen LogP contribution in [-0.4, -0.2) is 33.7 Å². The summed E-state index contributed by atoms with van der Waals surface area (Å²) in [7, 11) is 0. The Morgan fingerprint density at radius 1 is 1.38 bits per heavy atom. The third kappa shape index (κ3) is 3.51. The third-order valence-corrected chi connectivity index (χ3v) is 5.17. The van der Waals surface area contributed by atoms with Crippen LogP contribution in [0.3, 0.4) is 0 Å². The molecule has 1 fully saturated rings. The molecular formula is C17H22N4O2S. The number of carbonyl (C=O) groups is 1. The summed E-state index contributed by atoms with van der Waals surface area (Å²) in [5, 5.41) is 6.27. The molecule has 2 aromatic heterocycles. The van der Waals surface area contributed by atoms with Gasteiger partial charge in [-0.05, 0) is 35.8 Å². The maximum absolute atomic E-state index is 12.6. The number of aromatic nitrogens is 2. The molecule has 0 spiro atoms. The lowest BCUT2D eigenvalue weighted by Gasteiger charge is -2.35. The number of rotatable bonds is 3. The van der Waals surface area contributed by atoms with Gasteiger partial charge in [0, 0.05) is 13.1 Å². The van der Waals surface area contributed by atoms with E-state index in [1.54, 1.807) is 6.07 Å². The zero-order valence-corrected chi connectivity index (χ0v) is 14.8. The normalized spacial score (nSPS) is 21.0. The van der Waals surface area contributed by atoms with Crippen LogP contribution in [0.15, 0.2) is 28.4 Å². The number of carbonyl (C=O) groups excluding carboxylic acids is 1. The summed E-state index contributed by atoms with van der Waals surface area (Å²) in [6, 6.07) is 5.40. The molecule has 0 saturated carbocycles. The predicted octanol–water partition coefficient (Wildman–Crippen LogP) is 2.06. The van der Waals surface area contributed by atoms with Crippen LogP contribution < -0.4 is 11.3 Å². The van der Waals surface area contributed by atoms with Crippen molar-refractivity contribution in [3.63, 3.8) is 0 Å². The minimum absolute atomic E-state index is 0.0678. The van der Waals surface area contributed by atoms with Gasteiger partial charge in [0.1, 0.15) is 17.9 Å². The number of anilines is 1. The van der Waals surface area contributed by atoms with Crippen molar-refractivity contribution in [2.45, 2.75) is 26.8 Å². The Bertz CT molecular complexity index is 774. The molecule has 128 valence electrons. The number of hydrogen-bond donors (Lipinski definition) is 1. The maximum Gasteiger partial charge on any atom is 0.290 e. The van der Waals surface area contributed by atoms with Crippen LogP contribution in [0, 0.1) is 11.8 Å². The molecular weight excluding hydrogens is 324 g/mol. The molecule has 0 radical (unpaired) electrons. The number of hydrogen-bond acceptors (Lipinski definition) is 5. The van der Waals surface area contributed by atoms with Gasteiger partial charge in [-0.15, -0.1) is 11.3 Å². The monoisotopic (exact) mass is 346 g/mol. The highest BCUT2D eigenvalue weighted by Crippen LogP contribution is 2.23. The number of nitrogen functional groups attached to an aromatic ring is 1. The maximum atomic E-state index is 12.6. The van der Waals surface area contributed by atoms with Crippen LogP contribution in [0.4, 0.5) is 5.69 Å². The summed E-state index contributed by atoms with van der Waals surface area (Å²) in [5.41, 5.74) is 6.15. The fourth-order valence-corrected chi connectivity index (χ4v) is 3.99. The first kappa shape index (κ1) is 16.7. The van der Waals surface area contributed by atoms with Crippen molar-refractivity contribution in [1.29, 1.82) is 0 Å². The number of nitrogens with zero attached hydrogens (tertiary/aromatic N) is 3. The minimum Gasteiger partial charge on any atom is -0.394 e. The number of thiophene rings is 1. The van der Waals surface area contributed by atoms with E-state index in [2.05, 4.69) is 18.9 Å². The molecule has 1 saturated heterocycles. The van der Waals surface area contributed by atoms with E-state index in [0.717, 1.165) is 24.4 Å². The Labute approximate surface area is 144 Å². The first-order chi connectivity index (χ1) is 11.4. The quantitative estimate of drug-likeness (QED) is 0.922. The second-order valence-corrected chi connectivity index (χ2v) is 7.62. The molecule has 24 heavy (non-hydrogen) atoms. The molecule has 1 aliphatic heterocycles. The second-order valence-electron chi connectivity index (χ2n) is 6.67. The van der Waals surface area contributed by atoms with Crippen LogP contribution >= 0.6 is 11.3 Å². The molecule has 2 atom stereocenters. The lowest BCUT2D eigenvalue weighted by molar-refractivity contribution is -0.134. The molecule has 0 aromatic carbocycles. The first-order valence-electron chi connectivity index (χ1n) is 8.13. The molecule has 0 unspecified atom stereocenters. The molecule has 1 aliphatic rings.